The summed E-state index contributed by atoms with van der Waals surface area (Å²) in [7, 11) is -3.40. The summed E-state index contributed by atoms with van der Waals surface area (Å²) in [6, 6.07) is 14.1. The van der Waals surface area contributed by atoms with E-state index in [0.717, 1.165) is 0 Å². The molecule has 2 heterocycles. The Bertz CT molecular complexity index is 1260. The monoisotopic (exact) mass is 485 g/mol. The summed E-state index contributed by atoms with van der Waals surface area (Å²) in [4.78, 5) is 17.2. The third-order valence-electron chi connectivity index (χ3n) is 4.96. The Hall–Kier alpha value is -3.67. The summed E-state index contributed by atoms with van der Waals surface area (Å²) in [5.74, 6) is -0.357. The van der Waals surface area contributed by atoms with Crippen molar-refractivity contribution in [3.63, 3.8) is 0 Å². The summed E-state index contributed by atoms with van der Waals surface area (Å²) in [6.45, 7) is 3.69. The lowest BCUT2D eigenvalue weighted by Gasteiger charge is -2.34. The van der Waals surface area contributed by atoms with Crippen LogP contribution < -0.4 is 20.5 Å². The van der Waals surface area contributed by atoms with Crippen molar-refractivity contribution in [3.05, 3.63) is 77.7 Å². The number of nitrogens with two attached hydrogens (primary N) is 1. The van der Waals surface area contributed by atoms with Gasteiger partial charge >= 0.3 is 0 Å². The fraction of sp³-hybridized carbons (Fsp3) is 0.174. The van der Waals surface area contributed by atoms with Gasteiger partial charge in [0.15, 0.2) is 5.84 Å². The summed E-state index contributed by atoms with van der Waals surface area (Å²) < 4.78 is 45.0. The van der Waals surface area contributed by atoms with Gasteiger partial charge in [-0.15, -0.1) is 4.40 Å². The number of ether oxygens (including phenoxy) is 1. The highest BCUT2D eigenvalue weighted by atomic mass is 32.3. The Morgan fingerprint density at radius 1 is 1.21 bits per heavy atom. The Labute approximate surface area is 197 Å². The molecule has 4 rings (SSSR count). The Kier molecular flexibility index (Phi) is 6.17. The van der Waals surface area contributed by atoms with Gasteiger partial charge in [0, 0.05) is 17.3 Å². The van der Waals surface area contributed by atoms with E-state index in [1.807, 2.05) is 0 Å². The standard InChI is InChI=1S/C23H24FN5O4S/c1-23(2,13-33-19-5-3-4-17-20(19)21(25)29-34(31,32)28-17)27-22(30)15-10-11-26-18(12-15)14-6-8-16(24)9-7-14/h3-12,28,31-32H,13H2,1-2H3,(H2,25,29)(H,27,30). The molecular weight excluding hydrogens is 461 g/mol. The van der Waals surface area contributed by atoms with E-state index in [1.165, 1.54) is 18.3 Å². The van der Waals surface area contributed by atoms with E-state index >= 15 is 0 Å². The molecule has 0 aliphatic carbocycles. The quantitative estimate of drug-likeness (QED) is 0.352. The zero-order chi connectivity index (χ0) is 24.5. The van der Waals surface area contributed by atoms with Crippen LogP contribution in [0.3, 0.4) is 0 Å². The molecule has 1 aliphatic rings. The normalized spacial score (nSPS) is 15.4. The van der Waals surface area contributed by atoms with Gasteiger partial charge in [0.1, 0.15) is 18.2 Å². The molecule has 178 valence electrons. The molecule has 0 fully saturated rings. The first-order valence-corrected chi connectivity index (χ1v) is 11.8. The number of nitrogens with zero attached hydrogens (tertiary/aromatic N) is 2. The molecule has 34 heavy (non-hydrogen) atoms. The summed E-state index contributed by atoms with van der Waals surface area (Å²) in [5, 5.41) is 2.93. The van der Waals surface area contributed by atoms with Crippen LogP contribution in [0.4, 0.5) is 10.1 Å². The third kappa shape index (κ3) is 5.28. The van der Waals surface area contributed by atoms with E-state index in [2.05, 4.69) is 19.4 Å². The molecule has 0 saturated heterocycles. The van der Waals surface area contributed by atoms with Gasteiger partial charge in [-0.1, -0.05) is 6.07 Å². The van der Waals surface area contributed by atoms with Crippen LogP contribution in [-0.4, -0.2) is 38.0 Å². The number of pyridine rings is 1. The van der Waals surface area contributed by atoms with Gasteiger partial charge in [0.25, 0.3) is 5.91 Å². The van der Waals surface area contributed by atoms with Gasteiger partial charge in [0.2, 0.25) is 0 Å². The van der Waals surface area contributed by atoms with Crippen molar-refractivity contribution in [2.45, 2.75) is 19.4 Å². The predicted octanol–water partition coefficient (Wildman–Crippen LogP) is 4.19. The molecular formula is C23H24FN5O4S. The van der Waals surface area contributed by atoms with Gasteiger partial charge in [-0.05, 0) is 73.3 Å². The first kappa shape index (κ1) is 23.5. The van der Waals surface area contributed by atoms with Crippen LogP contribution in [0.25, 0.3) is 11.3 Å². The molecule has 1 aliphatic heterocycles. The highest BCUT2D eigenvalue weighted by molar-refractivity contribution is 8.24. The average molecular weight is 486 g/mol. The maximum Gasteiger partial charge on any atom is 0.251 e. The number of aromatic nitrogens is 1. The van der Waals surface area contributed by atoms with Crippen LogP contribution in [0.5, 0.6) is 5.75 Å². The third-order valence-corrected chi connectivity index (χ3v) is 5.90. The molecule has 3 aromatic rings. The van der Waals surface area contributed by atoms with E-state index in [0.29, 0.717) is 33.8 Å². The number of fused-ring (bicyclic) bond motifs is 1. The summed E-state index contributed by atoms with van der Waals surface area (Å²) in [5.41, 5.74) is 7.57. The maximum absolute atomic E-state index is 13.2. The smallest absolute Gasteiger partial charge is 0.251 e. The van der Waals surface area contributed by atoms with Crippen molar-refractivity contribution in [3.8, 4) is 17.0 Å². The number of rotatable bonds is 6. The van der Waals surface area contributed by atoms with Gasteiger partial charge in [-0.2, -0.15) is 0 Å². The fourth-order valence-electron chi connectivity index (χ4n) is 3.38. The number of hydrogen-bond acceptors (Lipinski definition) is 8. The number of amides is 1. The number of amidine groups is 1. The lowest BCUT2D eigenvalue weighted by Crippen LogP contribution is -2.48. The number of carbonyl (C=O) groups excluding carboxylic acids is 1. The van der Waals surface area contributed by atoms with Crippen LogP contribution in [-0.2, 0) is 0 Å². The van der Waals surface area contributed by atoms with Crippen molar-refractivity contribution in [2.75, 3.05) is 11.3 Å². The van der Waals surface area contributed by atoms with Crippen LogP contribution >= 0.6 is 11.0 Å². The minimum atomic E-state index is -3.40. The molecule has 0 spiro atoms. The van der Waals surface area contributed by atoms with Gasteiger partial charge in [-0.3, -0.25) is 23.6 Å². The number of anilines is 1. The minimum absolute atomic E-state index is 0.0590. The van der Waals surface area contributed by atoms with Crippen molar-refractivity contribution >= 4 is 28.4 Å². The van der Waals surface area contributed by atoms with Gasteiger partial charge in [-0.25, -0.2) is 4.39 Å². The second-order valence-electron chi connectivity index (χ2n) is 8.34. The van der Waals surface area contributed by atoms with Crippen molar-refractivity contribution in [1.82, 2.24) is 10.3 Å². The highest BCUT2D eigenvalue weighted by Gasteiger charge is 2.27. The highest BCUT2D eigenvalue weighted by Crippen LogP contribution is 2.46. The predicted molar refractivity (Wildman–Crippen MR) is 130 cm³/mol. The van der Waals surface area contributed by atoms with Crippen molar-refractivity contribution in [2.24, 2.45) is 10.1 Å². The molecule has 0 unspecified atom stereocenters. The fourth-order valence-corrected chi connectivity index (χ4v) is 4.25. The molecule has 6 N–H and O–H groups in total. The number of halogens is 1. The van der Waals surface area contributed by atoms with Crippen molar-refractivity contribution in [1.29, 1.82) is 0 Å². The molecule has 0 bridgehead atoms. The van der Waals surface area contributed by atoms with E-state index in [9.17, 15) is 18.3 Å². The van der Waals surface area contributed by atoms with E-state index in [4.69, 9.17) is 10.5 Å². The minimum Gasteiger partial charge on any atom is -0.490 e. The molecule has 11 heteroatoms. The largest absolute Gasteiger partial charge is 0.490 e. The summed E-state index contributed by atoms with van der Waals surface area (Å²) in [6.07, 6.45) is 1.52. The topological polar surface area (TPSA) is 142 Å². The van der Waals surface area contributed by atoms with Gasteiger partial charge in [0.05, 0.1) is 22.5 Å². The Morgan fingerprint density at radius 2 is 1.94 bits per heavy atom. The first-order valence-electron chi connectivity index (χ1n) is 10.3. The Balaban J connectivity index is 1.46. The van der Waals surface area contributed by atoms with Crippen molar-refractivity contribution < 1.29 is 23.0 Å². The molecule has 0 atom stereocenters. The van der Waals surface area contributed by atoms with Crippen LogP contribution in [0.15, 0.2) is 65.2 Å². The molecule has 1 aromatic heterocycles. The first-order chi connectivity index (χ1) is 16.0. The Morgan fingerprint density at radius 3 is 2.68 bits per heavy atom. The number of hydrogen-bond donors (Lipinski definition) is 5. The molecule has 1 amide bonds. The van der Waals surface area contributed by atoms with Crippen LogP contribution in [0, 0.1) is 5.82 Å². The van der Waals surface area contributed by atoms with Crippen LogP contribution in [0.2, 0.25) is 0 Å². The van der Waals surface area contributed by atoms with E-state index in [-0.39, 0.29) is 24.2 Å². The summed E-state index contributed by atoms with van der Waals surface area (Å²) >= 11 is 0. The second-order valence-corrected chi connectivity index (χ2v) is 9.76. The zero-order valence-electron chi connectivity index (χ0n) is 18.4. The molecule has 0 saturated carbocycles. The van der Waals surface area contributed by atoms with Gasteiger partial charge < -0.3 is 15.8 Å². The number of carbonyl (C=O) groups is 1. The lowest BCUT2D eigenvalue weighted by atomic mass is 10.0. The number of benzene rings is 2. The molecule has 9 nitrogen and oxygen atoms in total. The van der Waals surface area contributed by atoms with E-state index < -0.39 is 16.5 Å². The maximum atomic E-state index is 13.2. The molecule has 0 radical (unpaired) electrons. The molecule has 2 aromatic carbocycles. The SMILES string of the molecule is CC(C)(COc1cccc2c1C(N)=NS(O)(O)N2)NC(=O)c1ccnc(-c2ccc(F)cc2)c1. The second kappa shape index (κ2) is 8.93. The van der Waals surface area contributed by atoms with E-state index in [1.54, 1.807) is 56.3 Å². The number of nitrogens with one attached hydrogen (secondary N) is 2. The zero-order valence-corrected chi connectivity index (χ0v) is 19.3. The average Bonchev–Trinajstić information content (AvgIpc) is 2.77. The van der Waals surface area contributed by atoms with Crippen LogP contribution in [0.1, 0.15) is 29.8 Å². The lowest BCUT2D eigenvalue weighted by molar-refractivity contribution is 0.0880.